The zero-order valence-corrected chi connectivity index (χ0v) is 14.4. The number of H-pyrrole nitrogens is 1. The number of aromatic nitrogens is 1. The smallest absolute Gasteiger partial charge is 0.196 e. The van der Waals surface area contributed by atoms with Crippen molar-refractivity contribution in [3.05, 3.63) is 58.4 Å². The van der Waals surface area contributed by atoms with Crippen LogP contribution in [0.3, 0.4) is 0 Å². The molecule has 0 bridgehead atoms. The van der Waals surface area contributed by atoms with E-state index in [1.807, 2.05) is 63.1 Å². The minimum atomic E-state index is -0.272. The predicted octanol–water partition coefficient (Wildman–Crippen LogP) is 3.54. The lowest BCUT2D eigenvalue weighted by molar-refractivity contribution is 0.0856. The number of aromatic amines is 1. The van der Waals surface area contributed by atoms with Crippen LogP contribution < -0.4 is 0 Å². The van der Waals surface area contributed by atoms with E-state index in [-0.39, 0.29) is 17.6 Å². The molecule has 0 aliphatic rings. The van der Waals surface area contributed by atoms with Gasteiger partial charge < -0.3 is 4.98 Å². The Morgan fingerprint density at radius 2 is 1.78 bits per heavy atom. The van der Waals surface area contributed by atoms with E-state index in [9.17, 15) is 9.59 Å². The SMILES string of the molecule is CC(=O)c1c(C)[nH]c(C(=O)[C@@H](C)N(C)Cc2ccccc2)c1C. The molecule has 0 unspecified atom stereocenters. The number of benzene rings is 1. The Hall–Kier alpha value is -2.20. The lowest BCUT2D eigenvalue weighted by Gasteiger charge is -2.23. The van der Waals surface area contributed by atoms with Crippen LogP contribution in [0.15, 0.2) is 30.3 Å². The van der Waals surface area contributed by atoms with E-state index < -0.39 is 0 Å². The fourth-order valence-corrected chi connectivity index (χ4v) is 2.94. The van der Waals surface area contributed by atoms with Crippen LogP contribution in [-0.4, -0.2) is 34.5 Å². The number of aryl methyl sites for hydroxylation is 1. The summed E-state index contributed by atoms with van der Waals surface area (Å²) in [5, 5.41) is 0. The molecule has 0 spiro atoms. The van der Waals surface area contributed by atoms with Gasteiger partial charge in [0, 0.05) is 17.8 Å². The summed E-state index contributed by atoms with van der Waals surface area (Å²) in [6.45, 7) is 7.79. The summed E-state index contributed by atoms with van der Waals surface area (Å²) in [5.41, 5.74) is 3.85. The molecular weight excluding hydrogens is 288 g/mol. The summed E-state index contributed by atoms with van der Waals surface area (Å²) in [6.07, 6.45) is 0. The van der Waals surface area contributed by atoms with Gasteiger partial charge in [0.1, 0.15) is 0 Å². The first-order valence-electron chi connectivity index (χ1n) is 7.81. The highest BCUT2D eigenvalue weighted by Gasteiger charge is 2.25. The molecule has 0 fully saturated rings. The number of carbonyl (C=O) groups is 2. The maximum absolute atomic E-state index is 12.8. The Labute approximate surface area is 137 Å². The van der Waals surface area contributed by atoms with Crippen molar-refractivity contribution >= 4 is 11.6 Å². The molecular formula is C19H24N2O2. The highest BCUT2D eigenvalue weighted by molar-refractivity contribution is 6.05. The first-order chi connectivity index (χ1) is 10.8. The summed E-state index contributed by atoms with van der Waals surface area (Å²) < 4.78 is 0. The molecule has 4 nitrogen and oxygen atoms in total. The van der Waals surface area contributed by atoms with Crippen molar-refractivity contribution in [2.45, 2.75) is 40.3 Å². The summed E-state index contributed by atoms with van der Waals surface area (Å²) in [7, 11) is 1.94. The maximum atomic E-state index is 12.8. The largest absolute Gasteiger partial charge is 0.355 e. The number of hydrogen-bond donors (Lipinski definition) is 1. The summed E-state index contributed by atoms with van der Waals surface area (Å²) >= 11 is 0. The lowest BCUT2D eigenvalue weighted by Crippen LogP contribution is -2.36. The molecule has 2 rings (SSSR count). The molecule has 1 N–H and O–H groups in total. The van der Waals surface area contributed by atoms with Gasteiger partial charge >= 0.3 is 0 Å². The van der Waals surface area contributed by atoms with Crippen LogP contribution in [0.2, 0.25) is 0 Å². The molecule has 1 aromatic carbocycles. The molecule has 0 amide bonds. The minimum Gasteiger partial charge on any atom is -0.355 e. The summed E-state index contributed by atoms with van der Waals surface area (Å²) in [5.74, 6) is -0.00266. The molecule has 4 heteroatoms. The van der Waals surface area contributed by atoms with Crippen LogP contribution in [-0.2, 0) is 6.54 Å². The zero-order valence-electron chi connectivity index (χ0n) is 14.4. The second-order valence-electron chi connectivity index (χ2n) is 6.12. The number of hydrogen-bond acceptors (Lipinski definition) is 3. The Balaban J connectivity index is 2.20. The van der Waals surface area contributed by atoms with Crippen LogP contribution in [0.1, 0.15) is 51.5 Å². The molecule has 1 atom stereocenters. The first-order valence-corrected chi connectivity index (χ1v) is 7.81. The van der Waals surface area contributed by atoms with E-state index >= 15 is 0 Å². The van der Waals surface area contributed by atoms with E-state index in [2.05, 4.69) is 4.98 Å². The Kier molecular flexibility index (Phi) is 5.16. The molecule has 1 aromatic heterocycles. The van der Waals surface area contributed by atoms with E-state index in [1.54, 1.807) is 0 Å². The molecule has 0 radical (unpaired) electrons. The predicted molar refractivity (Wildman–Crippen MR) is 92.0 cm³/mol. The Morgan fingerprint density at radius 3 is 2.30 bits per heavy atom. The van der Waals surface area contributed by atoms with Gasteiger partial charge in [0.25, 0.3) is 0 Å². The number of carbonyl (C=O) groups excluding carboxylic acids is 2. The second-order valence-corrected chi connectivity index (χ2v) is 6.12. The average Bonchev–Trinajstić information content (AvgIpc) is 2.81. The van der Waals surface area contributed by atoms with E-state index in [1.165, 1.54) is 12.5 Å². The molecule has 0 saturated heterocycles. The van der Waals surface area contributed by atoms with Crippen LogP contribution in [0, 0.1) is 13.8 Å². The van der Waals surface area contributed by atoms with Gasteiger partial charge in [0.05, 0.1) is 11.7 Å². The molecule has 0 aliphatic heterocycles. The van der Waals surface area contributed by atoms with Gasteiger partial charge in [-0.15, -0.1) is 0 Å². The monoisotopic (exact) mass is 312 g/mol. The van der Waals surface area contributed by atoms with E-state index in [4.69, 9.17) is 0 Å². The normalized spacial score (nSPS) is 12.4. The second kappa shape index (κ2) is 6.92. The van der Waals surface area contributed by atoms with Crippen molar-refractivity contribution in [3.8, 4) is 0 Å². The van der Waals surface area contributed by atoms with Crippen molar-refractivity contribution < 1.29 is 9.59 Å². The fraction of sp³-hybridized carbons (Fsp3) is 0.368. The van der Waals surface area contributed by atoms with Gasteiger partial charge in [0.2, 0.25) is 0 Å². The minimum absolute atomic E-state index is 0.0107. The van der Waals surface area contributed by atoms with Crippen molar-refractivity contribution in [3.63, 3.8) is 0 Å². The number of nitrogens with zero attached hydrogens (tertiary/aromatic N) is 1. The van der Waals surface area contributed by atoms with Gasteiger partial charge in [0.15, 0.2) is 11.6 Å². The summed E-state index contributed by atoms with van der Waals surface area (Å²) in [4.78, 5) is 29.6. The Bertz CT molecular complexity index is 716. The van der Waals surface area contributed by atoms with Crippen molar-refractivity contribution in [1.29, 1.82) is 0 Å². The topological polar surface area (TPSA) is 53.2 Å². The van der Waals surface area contributed by atoms with Crippen molar-refractivity contribution in [2.24, 2.45) is 0 Å². The molecule has 122 valence electrons. The Morgan fingerprint density at radius 1 is 1.17 bits per heavy atom. The van der Waals surface area contributed by atoms with E-state index in [0.29, 0.717) is 17.8 Å². The van der Waals surface area contributed by atoms with Gasteiger partial charge in [-0.2, -0.15) is 0 Å². The molecule has 23 heavy (non-hydrogen) atoms. The van der Waals surface area contributed by atoms with Gasteiger partial charge in [-0.3, -0.25) is 14.5 Å². The van der Waals surface area contributed by atoms with Crippen LogP contribution >= 0.6 is 0 Å². The quantitative estimate of drug-likeness (QED) is 0.830. The van der Waals surface area contributed by atoms with Crippen LogP contribution in [0.5, 0.6) is 0 Å². The number of nitrogens with one attached hydrogen (secondary N) is 1. The number of ketones is 2. The maximum Gasteiger partial charge on any atom is 0.196 e. The third-order valence-corrected chi connectivity index (χ3v) is 4.35. The van der Waals surface area contributed by atoms with Gasteiger partial charge in [-0.1, -0.05) is 30.3 Å². The number of Topliss-reactive ketones (excluding diaryl/α,β-unsaturated/α-hetero) is 2. The average molecular weight is 312 g/mol. The van der Waals surface area contributed by atoms with Crippen LogP contribution in [0.4, 0.5) is 0 Å². The molecule has 0 aliphatic carbocycles. The fourth-order valence-electron chi connectivity index (χ4n) is 2.94. The third-order valence-electron chi connectivity index (χ3n) is 4.35. The number of likely N-dealkylation sites (N-methyl/N-ethyl adjacent to an activating group) is 1. The van der Waals surface area contributed by atoms with Gasteiger partial charge in [-0.05, 0) is 45.9 Å². The molecule has 1 heterocycles. The van der Waals surface area contributed by atoms with Crippen LogP contribution in [0.25, 0.3) is 0 Å². The molecule has 2 aromatic rings. The highest BCUT2D eigenvalue weighted by atomic mass is 16.1. The highest BCUT2D eigenvalue weighted by Crippen LogP contribution is 2.21. The zero-order chi connectivity index (χ0) is 17.1. The van der Waals surface area contributed by atoms with E-state index in [0.717, 1.165) is 11.3 Å². The third kappa shape index (κ3) is 3.59. The van der Waals surface area contributed by atoms with Crippen molar-refractivity contribution in [2.75, 3.05) is 7.05 Å². The summed E-state index contributed by atoms with van der Waals surface area (Å²) in [6, 6.07) is 9.79. The lowest BCUT2D eigenvalue weighted by atomic mass is 10.0. The number of rotatable bonds is 6. The first kappa shape index (κ1) is 17.2. The van der Waals surface area contributed by atoms with Gasteiger partial charge in [-0.25, -0.2) is 0 Å². The van der Waals surface area contributed by atoms with Crippen molar-refractivity contribution in [1.82, 2.24) is 9.88 Å². The molecule has 0 saturated carbocycles. The standard InChI is InChI=1S/C19H24N2O2/c1-12-17(15(4)22)13(2)20-18(12)19(23)14(3)21(5)11-16-9-7-6-8-10-16/h6-10,14,20H,11H2,1-5H3/t14-/m1/s1.